The number of benzene rings is 2. The van der Waals surface area contributed by atoms with Gasteiger partial charge in [-0.15, -0.1) is 0 Å². The van der Waals surface area contributed by atoms with Gasteiger partial charge in [-0.05, 0) is 55.3 Å². The number of amides is 2. The number of carbonyl (C=O) groups excluding carboxylic acids is 2. The topological polar surface area (TPSA) is 93.4 Å². The smallest absolute Gasteiger partial charge is 0.251 e. The molecule has 2 aromatic rings. The van der Waals surface area contributed by atoms with Gasteiger partial charge in [0.05, 0.1) is 13.0 Å². The van der Waals surface area contributed by atoms with Crippen molar-refractivity contribution in [3.63, 3.8) is 0 Å². The van der Waals surface area contributed by atoms with E-state index in [1.165, 1.54) is 0 Å². The molecule has 2 amide bonds. The first-order valence-corrected chi connectivity index (χ1v) is 9.18. The summed E-state index contributed by atoms with van der Waals surface area (Å²) in [5, 5.41) is 5.70. The molecule has 0 unspecified atom stereocenters. The predicted octanol–water partition coefficient (Wildman–Crippen LogP) is 2.02. The SMILES string of the molecule is CCOc1ccc(CC(=O)NCc2ccc(C(=O)NCCCN)cc2)cc1. The average molecular weight is 369 g/mol. The quantitative estimate of drug-likeness (QED) is 0.559. The molecular formula is C21H27N3O3. The van der Waals surface area contributed by atoms with Crippen molar-refractivity contribution >= 4 is 11.8 Å². The van der Waals surface area contributed by atoms with E-state index in [4.69, 9.17) is 10.5 Å². The van der Waals surface area contributed by atoms with E-state index in [1.54, 1.807) is 12.1 Å². The van der Waals surface area contributed by atoms with E-state index in [0.29, 0.717) is 38.2 Å². The molecule has 0 saturated carbocycles. The minimum absolute atomic E-state index is 0.0530. The largest absolute Gasteiger partial charge is 0.494 e. The van der Waals surface area contributed by atoms with Crippen LogP contribution in [0.1, 0.15) is 34.8 Å². The number of ether oxygens (including phenoxy) is 1. The molecule has 2 aromatic carbocycles. The molecule has 0 bridgehead atoms. The van der Waals surface area contributed by atoms with Gasteiger partial charge in [0, 0.05) is 18.7 Å². The molecule has 0 fully saturated rings. The molecule has 4 N–H and O–H groups in total. The maximum atomic E-state index is 12.1. The second kappa shape index (κ2) is 11.0. The van der Waals surface area contributed by atoms with Gasteiger partial charge < -0.3 is 21.1 Å². The van der Waals surface area contributed by atoms with Gasteiger partial charge in [0.1, 0.15) is 5.75 Å². The lowest BCUT2D eigenvalue weighted by Gasteiger charge is -2.08. The summed E-state index contributed by atoms with van der Waals surface area (Å²) in [5.74, 6) is 0.631. The summed E-state index contributed by atoms with van der Waals surface area (Å²) in [4.78, 5) is 24.0. The molecular weight excluding hydrogens is 342 g/mol. The Balaban J connectivity index is 1.78. The summed E-state index contributed by atoms with van der Waals surface area (Å²) >= 11 is 0. The number of carbonyl (C=O) groups is 2. The molecule has 27 heavy (non-hydrogen) atoms. The third-order valence-corrected chi connectivity index (χ3v) is 3.97. The van der Waals surface area contributed by atoms with Crippen molar-refractivity contribution in [2.45, 2.75) is 26.3 Å². The van der Waals surface area contributed by atoms with Crippen molar-refractivity contribution < 1.29 is 14.3 Å². The van der Waals surface area contributed by atoms with Crippen LogP contribution in [-0.2, 0) is 17.8 Å². The summed E-state index contributed by atoms with van der Waals surface area (Å²) in [7, 11) is 0. The fraction of sp³-hybridized carbons (Fsp3) is 0.333. The minimum atomic E-state index is -0.116. The summed E-state index contributed by atoms with van der Waals surface area (Å²) in [6.07, 6.45) is 1.07. The van der Waals surface area contributed by atoms with E-state index in [0.717, 1.165) is 23.3 Å². The highest BCUT2D eigenvalue weighted by Crippen LogP contribution is 2.12. The van der Waals surface area contributed by atoms with Crippen LogP contribution in [0.4, 0.5) is 0 Å². The second-order valence-electron chi connectivity index (χ2n) is 6.13. The molecule has 2 rings (SSSR count). The standard InChI is InChI=1S/C21H27N3O3/c1-2-27-19-10-6-16(7-11-19)14-20(25)24-15-17-4-8-18(9-5-17)21(26)23-13-3-12-22/h4-11H,2-3,12-15,22H2,1H3,(H,23,26)(H,24,25). The Labute approximate surface area is 160 Å². The number of rotatable bonds is 10. The molecule has 0 atom stereocenters. The number of hydrogen-bond acceptors (Lipinski definition) is 4. The molecule has 6 nitrogen and oxygen atoms in total. The molecule has 0 saturated heterocycles. The monoisotopic (exact) mass is 369 g/mol. The Hall–Kier alpha value is -2.86. The lowest BCUT2D eigenvalue weighted by molar-refractivity contribution is -0.120. The molecule has 0 aliphatic heterocycles. The summed E-state index contributed by atoms with van der Waals surface area (Å²) in [6.45, 7) is 4.09. The Morgan fingerprint density at radius 1 is 0.963 bits per heavy atom. The average Bonchev–Trinajstić information content (AvgIpc) is 2.68. The van der Waals surface area contributed by atoms with E-state index in [1.807, 2.05) is 43.3 Å². The van der Waals surface area contributed by atoms with Crippen molar-refractivity contribution in [2.75, 3.05) is 19.7 Å². The van der Waals surface area contributed by atoms with E-state index in [2.05, 4.69) is 10.6 Å². The maximum Gasteiger partial charge on any atom is 0.251 e. The van der Waals surface area contributed by atoms with Gasteiger partial charge in [0.2, 0.25) is 5.91 Å². The lowest BCUT2D eigenvalue weighted by Crippen LogP contribution is -2.26. The van der Waals surface area contributed by atoms with E-state index in [9.17, 15) is 9.59 Å². The Morgan fingerprint density at radius 3 is 2.26 bits per heavy atom. The van der Waals surface area contributed by atoms with Crippen LogP contribution in [0.5, 0.6) is 5.75 Å². The van der Waals surface area contributed by atoms with Crippen molar-refractivity contribution in [3.8, 4) is 5.75 Å². The van der Waals surface area contributed by atoms with E-state index in [-0.39, 0.29) is 11.8 Å². The van der Waals surface area contributed by atoms with Gasteiger partial charge >= 0.3 is 0 Å². The highest BCUT2D eigenvalue weighted by molar-refractivity contribution is 5.94. The van der Waals surface area contributed by atoms with Crippen LogP contribution in [0.15, 0.2) is 48.5 Å². The lowest BCUT2D eigenvalue weighted by atomic mass is 10.1. The summed E-state index contributed by atoms with van der Waals surface area (Å²) in [6, 6.07) is 14.7. The van der Waals surface area contributed by atoms with Crippen molar-refractivity contribution in [2.24, 2.45) is 5.73 Å². The fourth-order valence-corrected chi connectivity index (χ4v) is 2.50. The van der Waals surface area contributed by atoms with Crippen molar-refractivity contribution in [3.05, 3.63) is 65.2 Å². The molecule has 0 aliphatic carbocycles. The third kappa shape index (κ3) is 7.11. The number of hydrogen-bond donors (Lipinski definition) is 3. The normalized spacial score (nSPS) is 10.3. The number of nitrogens with one attached hydrogen (secondary N) is 2. The fourth-order valence-electron chi connectivity index (χ4n) is 2.50. The zero-order valence-electron chi connectivity index (χ0n) is 15.7. The Morgan fingerprint density at radius 2 is 1.63 bits per heavy atom. The molecule has 0 aromatic heterocycles. The first kappa shape index (κ1) is 20.5. The van der Waals surface area contributed by atoms with Gasteiger partial charge in [-0.3, -0.25) is 9.59 Å². The van der Waals surface area contributed by atoms with Crippen molar-refractivity contribution in [1.82, 2.24) is 10.6 Å². The Kier molecular flexibility index (Phi) is 8.32. The highest BCUT2D eigenvalue weighted by atomic mass is 16.5. The van der Waals surface area contributed by atoms with Crippen LogP contribution < -0.4 is 21.1 Å². The second-order valence-corrected chi connectivity index (χ2v) is 6.13. The van der Waals surface area contributed by atoms with Gasteiger partial charge in [-0.25, -0.2) is 0 Å². The first-order valence-electron chi connectivity index (χ1n) is 9.18. The summed E-state index contributed by atoms with van der Waals surface area (Å²) in [5.41, 5.74) is 7.87. The Bertz CT molecular complexity index is 727. The third-order valence-electron chi connectivity index (χ3n) is 3.97. The molecule has 0 heterocycles. The van der Waals surface area contributed by atoms with E-state index < -0.39 is 0 Å². The highest BCUT2D eigenvalue weighted by Gasteiger charge is 2.06. The zero-order valence-corrected chi connectivity index (χ0v) is 15.7. The van der Waals surface area contributed by atoms with Gasteiger partial charge in [-0.2, -0.15) is 0 Å². The molecule has 0 radical (unpaired) electrons. The first-order chi connectivity index (χ1) is 13.1. The molecule has 6 heteroatoms. The van der Waals surface area contributed by atoms with Crippen LogP contribution in [-0.4, -0.2) is 31.5 Å². The van der Waals surface area contributed by atoms with Crippen LogP contribution in [0.25, 0.3) is 0 Å². The van der Waals surface area contributed by atoms with Gasteiger partial charge in [0.15, 0.2) is 0 Å². The van der Waals surface area contributed by atoms with Crippen LogP contribution in [0.3, 0.4) is 0 Å². The molecule has 0 spiro atoms. The minimum Gasteiger partial charge on any atom is -0.494 e. The van der Waals surface area contributed by atoms with Gasteiger partial charge in [0.25, 0.3) is 5.91 Å². The number of nitrogens with two attached hydrogens (primary N) is 1. The maximum absolute atomic E-state index is 12.1. The van der Waals surface area contributed by atoms with Crippen LogP contribution >= 0.6 is 0 Å². The van der Waals surface area contributed by atoms with Crippen LogP contribution in [0, 0.1) is 0 Å². The van der Waals surface area contributed by atoms with Gasteiger partial charge in [-0.1, -0.05) is 24.3 Å². The summed E-state index contributed by atoms with van der Waals surface area (Å²) < 4.78 is 5.39. The molecule has 144 valence electrons. The van der Waals surface area contributed by atoms with Crippen LogP contribution in [0.2, 0.25) is 0 Å². The van der Waals surface area contributed by atoms with E-state index >= 15 is 0 Å². The van der Waals surface area contributed by atoms with Crippen molar-refractivity contribution in [1.29, 1.82) is 0 Å². The zero-order chi connectivity index (χ0) is 19.5. The predicted molar refractivity (Wildman–Crippen MR) is 106 cm³/mol. The molecule has 0 aliphatic rings.